The molecule has 1 saturated carbocycles. The van der Waals surface area contributed by atoms with Crippen molar-refractivity contribution in [3.05, 3.63) is 35.4 Å². The zero-order valence-electron chi connectivity index (χ0n) is 12.0. The van der Waals surface area contributed by atoms with E-state index >= 15 is 0 Å². The second-order valence-electron chi connectivity index (χ2n) is 5.44. The lowest BCUT2D eigenvalue weighted by atomic mass is 10.0. The summed E-state index contributed by atoms with van der Waals surface area (Å²) in [7, 11) is 0. The Hall–Kier alpha value is -1.84. The first-order chi connectivity index (χ1) is 9.54. The summed E-state index contributed by atoms with van der Waals surface area (Å²) >= 11 is 0. The van der Waals surface area contributed by atoms with Crippen molar-refractivity contribution in [3.63, 3.8) is 0 Å². The van der Waals surface area contributed by atoms with Crippen LogP contribution < -0.4 is 0 Å². The molecule has 0 heterocycles. The molecule has 4 nitrogen and oxygen atoms in total. The predicted molar refractivity (Wildman–Crippen MR) is 76.7 cm³/mol. The molecule has 0 radical (unpaired) electrons. The number of carboxylic acids is 1. The summed E-state index contributed by atoms with van der Waals surface area (Å²) in [6.45, 7) is 3.96. The van der Waals surface area contributed by atoms with Crippen molar-refractivity contribution in [2.75, 3.05) is 6.54 Å². The highest BCUT2D eigenvalue weighted by molar-refractivity contribution is 5.96. The lowest BCUT2D eigenvalue weighted by Gasteiger charge is -2.25. The molecule has 2 rings (SSSR count). The minimum Gasteiger partial charge on any atom is -0.481 e. The second kappa shape index (κ2) is 6.07. The van der Waals surface area contributed by atoms with Gasteiger partial charge in [-0.1, -0.05) is 32.0 Å². The summed E-state index contributed by atoms with van der Waals surface area (Å²) in [6.07, 6.45) is 2.76. The number of aliphatic carboxylic acids is 1. The van der Waals surface area contributed by atoms with Gasteiger partial charge in [0.1, 0.15) is 0 Å². The Balaban J connectivity index is 2.21. The van der Waals surface area contributed by atoms with Crippen LogP contribution in [0.4, 0.5) is 0 Å². The number of amides is 1. The third kappa shape index (κ3) is 3.18. The average molecular weight is 275 g/mol. The second-order valence-corrected chi connectivity index (χ2v) is 5.44. The number of nitrogens with zero attached hydrogens (tertiary/aromatic N) is 1. The van der Waals surface area contributed by atoms with Gasteiger partial charge in [0.25, 0.3) is 5.91 Å². The fourth-order valence-corrected chi connectivity index (χ4v) is 2.35. The summed E-state index contributed by atoms with van der Waals surface area (Å²) in [4.78, 5) is 25.5. The fraction of sp³-hybridized carbons (Fsp3) is 0.500. The van der Waals surface area contributed by atoms with Crippen LogP contribution in [0.25, 0.3) is 0 Å². The van der Waals surface area contributed by atoms with Crippen LogP contribution in [0.1, 0.15) is 42.6 Å². The molecule has 0 spiro atoms. The monoisotopic (exact) mass is 275 g/mol. The van der Waals surface area contributed by atoms with Crippen LogP contribution in [0.3, 0.4) is 0 Å². The third-order valence-electron chi connectivity index (χ3n) is 3.77. The van der Waals surface area contributed by atoms with Gasteiger partial charge in [0, 0.05) is 18.2 Å². The Morgan fingerprint density at radius 1 is 1.35 bits per heavy atom. The largest absolute Gasteiger partial charge is 0.481 e. The van der Waals surface area contributed by atoms with Gasteiger partial charge in [0.15, 0.2) is 0 Å². The van der Waals surface area contributed by atoms with Crippen molar-refractivity contribution in [2.24, 2.45) is 5.92 Å². The quantitative estimate of drug-likeness (QED) is 0.868. The zero-order chi connectivity index (χ0) is 14.7. The molecule has 108 valence electrons. The first-order valence-corrected chi connectivity index (χ1v) is 7.16. The Kier molecular flexibility index (Phi) is 4.42. The number of benzene rings is 1. The summed E-state index contributed by atoms with van der Waals surface area (Å²) in [5.41, 5.74) is 1.73. The summed E-state index contributed by atoms with van der Waals surface area (Å²) < 4.78 is 0. The smallest absolute Gasteiger partial charge is 0.308 e. The van der Waals surface area contributed by atoms with Crippen molar-refractivity contribution in [2.45, 2.75) is 39.2 Å². The molecular formula is C16H21NO3. The number of carbonyl (C=O) groups is 2. The van der Waals surface area contributed by atoms with Gasteiger partial charge in [0.2, 0.25) is 0 Å². The molecule has 1 aliphatic carbocycles. The Labute approximate surface area is 119 Å². The molecule has 1 N–H and O–H groups in total. The van der Waals surface area contributed by atoms with E-state index in [-0.39, 0.29) is 18.5 Å². The Morgan fingerprint density at radius 3 is 2.55 bits per heavy atom. The first kappa shape index (κ1) is 14.6. The van der Waals surface area contributed by atoms with Crippen molar-refractivity contribution >= 4 is 11.9 Å². The van der Waals surface area contributed by atoms with Crippen LogP contribution in [0, 0.1) is 5.92 Å². The number of hydrogen-bond donors (Lipinski definition) is 1. The molecule has 0 saturated heterocycles. The molecule has 1 aromatic rings. The van der Waals surface area contributed by atoms with Crippen molar-refractivity contribution < 1.29 is 14.7 Å². The van der Waals surface area contributed by atoms with Crippen LogP contribution >= 0.6 is 0 Å². The molecule has 1 aromatic carbocycles. The molecule has 1 atom stereocenters. The van der Waals surface area contributed by atoms with E-state index < -0.39 is 11.9 Å². The minimum atomic E-state index is -0.854. The molecule has 0 aromatic heterocycles. The van der Waals surface area contributed by atoms with Crippen molar-refractivity contribution in [3.8, 4) is 0 Å². The normalized spacial score (nSPS) is 15.7. The molecule has 20 heavy (non-hydrogen) atoms. The molecule has 0 bridgehead atoms. The average Bonchev–Trinajstić information content (AvgIpc) is 3.28. The lowest BCUT2D eigenvalue weighted by molar-refractivity contribution is -0.141. The topological polar surface area (TPSA) is 57.6 Å². The maximum atomic E-state index is 12.7. The summed E-state index contributed by atoms with van der Waals surface area (Å²) in [5, 5.41) is 9.05. The number of carboxylic acid groups (broad SMARTS) is 1. The fourth-order valence-electron chi connectivity index (χ4n) is 2.35. The molecule has 1 amide bonds. The highest BCUT2D eigenvalue weighted by atomic mass is 16.4. The van der Waals surface area contributed by atoms with Crippen LogP contribution in [-0.4, -0.2) is 34.5 Å². The standard InChI is InChI=1S/C16H21NO3/c1-3-12-6-4-5-7-14(12)15(18)17(13-8-9-13)10-11(2)16(19)20/h4-7,11,13H,3,8-10H2,1-2H3,(H,19,20). The predicted octanol–water partition coefficient (Wildman–Crippen LogP) is 2.57. The lowest BCUT2D eigenvalue weighted by Crippen LogP contribution is -2.39. The van der Waals surface area contributed by atoms with Gasteiger partial charge in [-0.3, -0.25) is 9.59 Å². The van der Waals surface area contributed by atoms with Gasteiger partial charge in [-0.2, -0.15) is 0 Å². The first-order valence-electron chi connectivity index (χ1n) is 7.16. The maximum absolute atomic E-state index is 12.7. The molecule has 0 aliphatic heterocycles. The van der Waals surface area contributed by atoms with Gasteiger partial charge >= 0.3 is 5.97 Å². The highest BCUT2D eigenvalue weighted by Gasteiger charge is 2.35. The van der Waals surface area contributed by atoms with E-state index in [4.69, 9.17) is 5.11 Å². The van der Waals surface area contributed by atoms with Crippen LogP contribution in [-0.2, 0) is 11.2 Å². The number of rotatable bonds is 6. The van der Waals surface area contributed by atoms with Crippen LogP contribution in [0.5, 0.6) is 0 Å². The van der Waals surface area contributed by atoms with Gasteiger partial charge in [0.05, 0.1) is 5.92 Å². The molecule has 4 heteroatoms. The minimum absolute atomic E-state index is 0.0296. The van der Waals surface area contributed by atoms with Gasteiger partial charge in [-0.25, -0.2) is 0 Å². The summed E-state index contributed by atoms with van der Waals surface area (Å²) in [6, 6.07) is 7.80. The number of carbonyl (C=O) groups excluding carboxylic acids is 1. The zero-order valence-corrected chi connectivity index (χ0v) is 12.0. The van der Waals surface area contributed by atoms with Crippen LogP contribution in [0.2, 0.25) is 0 Å². The van der Waals surface area contributed by atoms with Gasteiger partial charge < -0.3 is 10.0 Å². The van der Waals surface area contributed by atoms with E-state index in [1.165, 1.54) is 0 Å². The van der Waals surface area contributed by atoms with E-state index in [2.05, 4.69) is 0 Å². The van der Waals surface area contributed by atoms with E-state index in [9.17, 15) is 9.59 Å². The molecule has 1 unspecified atom stereocenters. The third-order valence-corrected chi connectivity index (χ3v) is 3.77. The van der Waals surface area contributed by atoms with Crippen molar-refractivity contribution in [1.82, 2.24) is 4.90 Å². The van der Waals surface area contributed by atoms with E-state index in [1.54, 1.807) is 11.8 Å². The van der Waals surface area contributed by atoms with E-state index in [0.717, 1.165) is 24.8 Å². The van der Waals surface area contributed by atoms with Gasteiger partial charge in [-0.05, 0) is 30.9 Å². The highest BCUT2D eigenvalue weighted by Crippen LogP contribution is 2.29. The van der Waals surface area contributed by atoms with E-state index in [1.807, 2.05) is 31.2 Å². The van der Waals surface area contributed by atoms with Gasteiger partial charge in [-0.15, -0.1) is 0 Å². The van der Waals surface area contributed by atoms with E-state index in [0.29, 0.717) is 5.56 Å². The number of aryl methyl sites for hydroxylation is 1. The molecule has 1 aliphatic rings. The number of hydrogen-bond acceptors (Lipinski definition) is 2. The molecule has 1 fully saturated rings. The Morgan fingerprint density at radius 2 is 2.00 bits per heavy atom. The molecular weight excluding hydrogens is 254 g/mol. The maximum Gasteiger partial charge on any atom is 0.308 e. The van der Waals surface area contributed by atoms with Crippen molar-refractivity contribution in [1.29, 1.82) is 0 Å². The Bertz CT molecular complexity index is 508. The SMILES string of the molecule is CCc1ccccc1C(=O)N(CC(C)C(=O)O)C1CC1. The summed E-state index contributed by atoms with van der Waals surface area (Å²) in [5.74, 6) is -1.42. The van der Waals surface area contributed by atoms with Crippen LogP contribution in [0.15, 0.2) is 24.3 Å².